The van der Waals surface area contributed by atoms with Gasteiger partial charge >= 0.3 is 11.7 Å². The van der Waals surface area contributed by atoms with Gasteiger partial charge in [0, 0.05) is 31.0 Å². The van der Waals surface area contributed by atoms with Gasteiger partial charge in [-0.05, 0) is 0 Å². The summed E-state index contributed by atoms with van der Waals surface area (Å²) in [7, 11) is 0. The van der Waals surface area contributed by atoms with Gasteiger partial charge < -0.3 is 29.9 Å². The molecular weight excluding hydrogens is 456 g/mol. The largest absolute Gasteiger partial charge is 0.394 e. The Balaban J connectivity index is 1.65. The molecule has 3 amide bonds. The van der Waals surface area contributed by atoms with E-state index in [1.54, 1.807) is 6.92 Å². The number of carbonyl (C=O) groups excluding carboxylic acids is 2. The molecule has 3 fully saturated rings. The van der Waals surface area contributed by atoms with Crippen molar-refractivity contribution in [3.05, 3.63) is 32.6 Å². The van der Waals surface area contributed by atoms with E-state index in [2.05, 4.69) is 10.3 Å². The molecule has 8 atom stereocenters. The highest BCUT2D eigenvalue weighted by Gasteiger charge is 2.47. The summed E-state index contributed by atoms with van der Waals surface area (Å²) >= 11 is 0. The van der Waals surface area contributed by atoms with Crippen LogP contribution in [0.1, 0.15) is 31.6 Å². The van der Waals surface area contributed by atoms with Gasteiger partial charge in [-0.25, -0.2) is 9.59 Å². The van der Waals surface area contributed by atoms with Crippen LogP contribution in [0.3, 0.4) is 0 Å². The molecule has 6 N–H and O–H groups in total. The molecule has 0 unspecified atom stereocenters. The summed E-state index contributed by atoms with van der Waals surface area (Å²) in [5.41, 5.74) is -1.42. The predicted molar refractivity (Wildman–Crippen MR) is 111 cm³/mol. The number of aromatic nitrogens is 2. The molecule has 0 bridgehead atoms. The molecule has 0 spiro atoms. The van der Waals surface area contributed by atoms with Crippen molar-refractivity contribution in [2.45, 2.75) is 69.1 Å². The van der Waals surface area contributed by atoms with E-state index < -0.39 is 85.2 Å². The Kier molecular flexibility index (Phi) is 6.89. The third-order valence-corrected chi connectivity index (χ3v) is 6.67. The molecule has 188 valence electrons. The van der Waals surface area contributed by atoms with Crippen LogP contribution < -0.4 is 16.6 Å². The number of hydrogen-bond acceptors (Lipinski definition) is 10. The Bertz CT molecular complexity index is 1060. The van der Waals surface area contributed by atoms with Gasteiger partial charge in [0.2, 0.25) is 5.91 Å². The van der Waals surface area contributed by atoms with Gasteiger partial charge in [0.25, 0.3) is 5.56 Å². The Morgan fingerprint density at radius 1 is 1.00 bits per heavy atom. The van der Waals surface area contributed by atoms with Gasteiger partial charge in [0.05, 0.1) is 37.4 Å². The Labute approximate surface area is 192 Å². The molecule has 0 aromatic carbocycles. The number of amides is 3. The fraction of sp³-hybridized carbons (Fsp3) is 0.700. The zero-order valence-corrected chi connectivity index (χ0v) is 18.4. The first-order valence-corrected chi connectivity index (χ1v) is 11.0. The van der Waals surface area contributed by atoms with Gasteiger partial charge in [0.15, 0.2) is 0 Å². The Morgan fingerprint density at radius 2 is 1.59 bits per heavy atom. The van der Waals surface area contributed by atoms with Crippen molar-refractivity contribution in [2.24, 2.45) is 5.92 Å². The van der Waals surface area contributed by atoms with Crippen molar-refractivity contribution >= 4 is 11.9 Å². The van der Waals surface area contributed by atoms with E-state index in [1.165, 1.54) is 11.1 Å². The van der Waals surface area contributed by atoms with Gasteiger partial charge in [-0.1, -0.05) is 6.92 Å². The van der Waals surface area contributed by atoms with E-state index in [9.17, 15) is 39.6 Å². The van der Waals surface area contributed by atoms with Crippen LogP contribution in [-0.2, 0) is 20.7 Å². The number of nitrogens with one attached hydrogen (secondary N) is 2. The number of H-pyrrole nitrogens is 1. The maximum Gasteiger partial charge on any atom is 0.330 e. The lowest BCUT2D eigenvalue weighted by Gasteiger charge is -2.42. The van der Waals surface area contributed by atoms with Crippen LogP contribution in [0, 0.1) is 5.92 Å². The van der Waals surface area contributed by atoms with Crippen molar-refractivity contribution in [3.63, 3.8) is 0 Å². The number of carbonyl (C=O) groups is 2. The summed E-state index contributed by atoms with van der Waals surface area (Å²) in [6.45, 7) is 0.663. The maximum atomic E-state index is 12.7. The summed E-state index contributed by atoms with van der Waals surface area (Å²) in [5, 5.41) is 41.0. The minimum Gasteiger partial charge on any atom is -0.394 e. The van der Waals surface area contributed by atoms with Gasteiger partial charge in [-0.15, -0.1) is 0 Å². The van der Waals surface area contributed by atoms with Crippen molar-refractivity contribution in [3.8, 4) is 0 Å². The van der Waals surface area contributed by atoms with E-state index in [0.29, 0.717) is 0 Å². The molecule has 1 aromatic heterocycles. The smallest absolute Gasteiger partial charge is 0.330 e. The number of urea groups is 1. The van der Waals surface area contributed by atoms with Gasteiger partial charge in [-0.2, -0.15) is 0 Å². The molecule has 0 aliphatic carbocycles. The average Bonchev–Trinajstić information content (AvgIpc) is 3.34. The first-order chi connectivity index (χ1) is 16.1. The number of aromatic amines is 1. The summed E-state index contributed by atoms with van der Waals surface area (Å²) < 4.78 is 12.2. The minimum absolute atomic E-state index is 0.00224. The number of ether oxygens (including phenoxy) is 2. The lowest BCUT2D eigenvalue weighted by Crippen LogP contribution is -2.63. The Morgan fingerprint density at radius 3 is 2.18 bits per heavy atom. The molecule has 0 saturated carbocycles. The standard InChI is InChI=1S/C20H28N4O10/c1-8-10(24(20(32)21-17(8)29)16-4-12(28)14(7-26)34-16)2-9-5-23(19(31)22-18(9)30)15-3-11(27)13(6-25)33-15/h5,8,10-16,25-28H,2-4,6-7H2,1H3,(H,21,29,32)(H,22,30,31)/t8-,10-,11+,12+,13-,14-,15-,16-/m1/s1. The highest BCUT2D eigenvalue weighted by Crippen LogP contribution is 2.31. The highest BCUT2D eigenvalue weighted by atomic mass is 16.5. The predicted octanol–water partition coefficient (Wildman–Crippen LogP) is -3.26. The molecule has 0 radical (unpaired) electrons. The summed E-state index contributed by atoms with van der Waals surface area (Å²) in [6.07, 6.45) is -4.55. The lowest BCUT2D eigenvalue weighted by molar-refractivity contribution is -0.133. The third kappa shape index (κ3) is 4.39. The third-order valence-electron chi connectivity index (χ3n) is 6.67. The molecule has 1 aromatic rings. The van der Waals surface area contributed by atoms with Gasteiger partial charge in [0.1, 0.15) is 24.7 Å². The van der Waals surface area contributed by atoms with E-state index in [-0.39, 0.29) is 24.8 Å². The van der Waals surface area contributed by atoms with Gasteiger partial charge in [-0.3, -0.25) is 29.4 Å². The molecule has 34 heavy (non-hydrogen) atoms. The summed E-state index contributed by atoms with van der Waals surface area (Å²) in [6, 6.07) is -1.62. The first kappa shape index (κ1) is 24.5. The van der Waals surface area contributed by atoms with E-state index in [1.807, 2.05) is 0 Å². The topological polar surface area (TPSA) is 204 Å². The van der Waals surface area contributed by atoms with E-state index >= 15 is 0 Å². The number of rotatable bonds is 6. The number of imide groups is 1. The minimum atomic E-state index is -1.02. The second kappa shape index (κ2) is 9.56. The van der Waals surface area contributed by atoms with E-state index in [0.717, 1.165) is 4.57 Å². The number of nitrogens with zero attached hydrogens (tertiary/aromatic N) is 2. The molecule has 3 aliphatic rings. The molecule has 14 nitrogen and oxygen atoms in total. The second-order valence-electron chi connectivity index (χ2n) is 8.81. The fourth-order valence-electron chi connectivity index (χ4n) is 4.68. The fourth-order valence-corrected chi connectivity index (χ4v) is 4.68. The van der Waals surface area contributed by atoms with Crippen LogP contribution in [-0.4, -0.2) is 96.7 Å². The van der Waals surface area contributed by atoms with Crippen molar-refractivity contribution < 1.29 is 39.5 Å². The maximum absolute atomic E-state index is 12.7. The Hall–Kier alpha value is -2.62. The van der Waals surface area contributed by atoms with Crippen LogP contribution in [0.25, 0.3) is 0 Å². The monoisotopic (exact) mass is 484 g/mol. The van der Waals surface area contributed by atoms with E-state index in [4.69, 9.17) is 9.47 Å². The average molecular weight is 484 g/mol. The number of hydrogen-bond donors (Lipinski definition) is 6. The number of aliphatic hydroxyl groups excluding tert-OH is 4. The van der Waals surface area contributed by atoms with Crippen molar-refractivity contribution in [1.82, 2.24) is 19.8 Å². The molecule has 3 saturated heterocycles. The molecular formula is C20H28N4O10. The van der Waals surface area contributed by atoms with Crippen molar-refractivity contribution in [2.75, 3.05) is 13.2 Å². The number of aliphatic hydroxyl groups is 4. The molecule has 4 heterocycles. The normalized spacial score (nSPS) is 36.2. The lowest BCUT2D eigenvalue weighted by atomic mass is 9.91. The van der Waals surface area contributed by atoms with Crippen LogP contribution in [0.4, 0.5) is 4.79 Å². The van der Waals surface area contributed by atoms with Crippen molar-refractivity contribution in [1.29, 1.82) is 0 Å². The highest BCUT2D eigenvalue weighted by molar-refractivity contribution is 5.98. The zero-order valence-electron chi connectivity index (χ0n) is 18.4. The quantitative estimate of drug-likeness (QED) is 0.238. The molecule has 14 heteroatoms. The SMILES string of the molecule is C[C@H]1C(=O)NC(=O)N([C@H]2C[C@H](O)[C@@H](CO)O2)[C@@H]1Cc1cn([C@H]2C[C@H](O)[C@@H](CO)O2)c(=O)[nH]c1=O. The molecule has 3 aliphatic heterocycles. The zero-order chi connectivity index (χ0) is 24.7. The van der Waals surface area contributed by atoms with Crippen LogP contribution >= 0.6 is 0 Å². The van der Waals surface area contributed by atoms with Crippen LogP contribution in [0.15, 0.2) is 15.8 Å². The van der Waals surface area contributed by atoms with Crippen LogP contribution in [0.2, 0.25) is 0 Å². The summed E-state index contributed by atoms with van der Waals surface area (Å²) in [5.74, 6) is -1.32. The second-order valence-corrected chi connectivity index (χ2v) is 8.81. The molecule has 4 rings (SSSR count). The summed E-state index contributed by atoms with van der Waals surface area (Å²) in [4.78, 5) is 53.5. The van der Waals surface area contributed by atoms with Crippen LogP contribution in [0.5, 0.6) is 0 Å². The first-order valence-electron chi connectivity index (χ1n) is 11.0.